The topological polar surface area (TPSA) is 92.4 Å². The Morgan fingerprint density at radius 3 is 3.00 bits per heavy atom. The highest BCUT2D eigenvalue weighted by Gasteiger charge is 2.28. The van der Waals surface area contributed by atoms with Crippen molar-refractivity contribution in [3.63, 3.8) is 0 Å². The predicted octanol–water partition coefficient (Wildman–Crippen LogP) is 0.666. The molecule has 24 heavy (non-hydrogen) atoms. The van der Waals surface area contributed by atoms with Crippen LogP contribution in [0.4, 0.5) is 5.69 Å². The van der Waals surface area contributed by atoms with Crippen LogP contribution in [-0.4, -0.2) is 48.6 Å². The fourth-order valence-electron chi connectivity index (χ4n) is 2.70. The Balaban J connectivity index is 1.58. The number of fused-ring (bicyclic) bond motifs is 1. The Kier molecular flexibility index (Phi) is 5.02. The van der Waals surface area contributed by atoms with Crippen molar-refractivity contribution in [2.24, 2.45) is 0 Å². The molecular formula is C17H20N4O3. The number of hydrogen-bond donors (Lipinski definition) is 3. The maximum Gasteiger partial charge on any atom is 0.243 e. The van der Waals surface area contributed by atoms with Gasteiger partial charge in [0.05, 0.1) is 30.5 Å². The van der Waals surface area contributed by atoms with E-state index in [1.807, 2.05) is 31.2 Å². The van der Waals surface area contributed by atoms with Crippen LogP contribution in [0.25, 0.3) is 10.9 Å². The lowest BCUT2D eigenvalue weighted by Crippen LogP contribution is -2.56. The van der Waals surface area contributed by atoms with E-state index in [9.17, 15) is 9.59 Å². The zero-order chi connectivity index (χ0) is 16.9. The van der Waals surface area contributed by atoms with Gasteiger partial charge in [-0.25, -0.2) is 0 Å². The minimum absolute atomic E-state index is 0.104. The molecule has 0 radical (unpaired) electrons. The summed E-state index contributed by atoms with van der Waals surface area (Å²) in [6.45, 7) is 2.93. The SMILES string of the molecule is C[C@H]1OCCN[C@@H]1C(=O)NCC(=O)Nc1cccc2cccnc12. The molecular weight excluding hydrogens is 308 g/mol. The number of benzene rings is 1. The Morgan fingerprint density at radius 2 is 2.17 bits per heavy atom. The van der Waals surface area contributed by atoms with Crippen LogP contribution in [0, 0.1) is 0 Å². The Bertz CT molecular complexity index is 744. The lowest BCUT2D eigenvalue weighted by atomic mass is 10.1. The molecule has 3 rings (SSSR count). The largest absolute Gasteiger partial charge is 0.375 e. The summed E-state index contributed by atoms with van der Waals surface area (Å²) in [5.41, 5.74) is 1.34. The molecule has 1 saturated heterocycles. The van der Waals surface area contributed by atoms with E-state index in [0.29, 0.717) is 18.8 Å². The normalized spacial score (nSPS) is 20.5. The number of anilines is 1. The number of morpholine rings is 1. The monoisotopic (exact) mass is 328 g/mol. The fraction of sp³-hybridized carbons (Fsp3) is 0.353. The fourth-order valence-corrected chi connectivity index (χ4v) is 2.70. The standard InChI is InChI=1S/C17H20N4O3/c1-11-15(19-8-9-24-11)17(23)20-10-14(22)21-13-6-2-4-12-5-3-7-18-16(12)13/h2-7,11,15,19H,8-10H2,1H3,(H,20,23)(H,21,22)/t11-,15+/m1/s1. The van der Waals surface area contributed by atoms with Crippen molar-refractivity contribution < 1.29 is 14.3 Å². The number of ether oxygens (including phenoxy) is 1. The van der Waals surface area contributed by atoms with E-state index in [1.165, 1.54) is 0 Å². The maximum absolute atomic E-state index is 12.1. The van der Waals surface area contributed by atoms with Crippen LogP contribution in [0.2, 0.25) is 0 Å². The summed E-state index contributed by atoms with van der Waals surface area (Å²) >= 11 is 0. The van der Waals surface area contributed by atoms with Crippen LogP contribution in [0.5, 0.6) is 0 Å². The van der Waals surface area contributed by atoms with E-state index in [2.05, 4.69) is 20.9 Å². The first kappa shape index (κ1) is 16.4. The molecule has 0 bridgehead atoms. The molecule has 0 saturated carbocycles. The number of nitrogens with zero attached hydrogens (tertiary/aromatic N) is 1. The van der Waals surface area contributed by atoms with Crippen LogP contribution in [0.3, 0.4) is 0 Å². The van der Waals surface area contributed by atoms with Gasteiger partial charge in [0.25, 0.3) is 0 Å². The van der Waals surface area contributed by atoms with Crippen molar-refractivity contribution in [2.75, 3.05) is 25.0 Å². The van der Waals surface area contributed by atoms with Gasteiger partial charge in [-0.3, -0.25) is 14.6 Å². The first-order chi connectivity index (χ1) is 11.6. The van der Waals surface area contributed by atoms with Gasteiger partial charge < -0.3 is 20.7 Å². The molecule has 7 heteroatoms. The molecule has 0 aliphatic carbocycles. The van der Waals surface area contributed by atoms with E-state index < -0.39 is 6.04 Å². The number of pyridine rings is 1. The molecule has 2 aromatic rings. The molecule has 0 spiro atoms. The minimum Gasteiger partial charge on any atom is -0.375 e. The summed E-state index contributed by atoms with van der Waals surface area (Å²) in [6, 6.07) is 8.89. The zero-order valence-corrected chi connectivity index (χ0v) is 13.4. The Labute approximate surface area is 139 Å². The first-order valence-corrected chi connectivity index (χ1v) is 7.91. The molecule has 2 heterocycles. The number of amides is 2. The number of para-hydroxylation sites is 1. The summed E-state index contributed by atoms with van der Waals surface area (Å²) in [6.07, 6.45) is 1.46. The summed E-state index contributed by atoms with van der Waals surface area (Å²) in [7, 11) is 0. The third kappa shape index (κ3) is 3.69. The second-order valence-electron chi connectivity index (χ2n) is 5.65. The molecule has 2 atom stereocenters. The number of carbonyl (C=O) groups excluding carboxylic acids is 2. The lowest BCUT2D eigenvalue weighted by Gasteiger charge is -2.29. The summed E-state index contributed by atoms with van der Waals surface area (Å²) in [5.74, 6) is -0.542. The van der Waals surface area contributed by atoms with Crippen LogP contribution >= 0.6 is 0 Å². The van der Waals surface area contributed by atoms with Gasteiger partial charge in [-0.15, -0.1) is 0 Å². The van der Waals surface area contributed by atoms with Gasteiger partial charge in [-0.1, -0.05) is 18.2 Å². The molecule has 1 aliphatic heterocycles. The van der Waals surface area contributed by atoms with Crippen LogP contribution < -0.4 is 16.0 Å². The molecule has 3 N–H and O–H groups in total. The Morgan fingerprint density at radius 1 is 1.33 bits per heavy atom. The van der Waals surface area contributed by atoms with E-state index in [0.717, 1.165) is 10.9 Å². The molecule has 7 nitrogen and oxygen atoms in total. The van der Waals surface area contributed by atoms with Gasteiger partial charge >= 0.3 is 0 Å². The maximum atomic E-state index is 12.1. The highest BCUT2D eigenvalue weighted by molar-refractivity contribution is 6.02. The van der Waals surface area contributed by atoms with Crippen molar-refractivity contribution in [1.82, 2.24) is 15.6 Å². The zero-order valence-electron chi connectivity index (χ0n) is 13.4. The molecule has 2 amide bonds. The van der Waals surface area contributed by atoms with Crippen molar-refractivity contribution in [1.29, 1.82) is 0 Å². The molecule has 0 unspecified atom stereocenters. The highest BCUT2D eigenvalue weighted by atomic mass is 16.5. The average Bonchev–Trinajstić information content (AvgIpc) is 2.60. The second-order valence-corrected chi connectivity index (χ2v) is 5.65. The second kappa shape index (κ2) is 7.37. The van der Waals surface area contributed by atoms with Crippen LogP contribution in [0.1, 0.15) is 6.92 Å². The smallest absolute Gasteiger partial charge is 0.243 e. The molecule has 1 fully saturated rings. The molecule has 1 aromatic carbocycles. The highest BCUT2D eigenvalue weighted by Crippen LogP contribution is 2.20. The van der Waals surface area contributed by atoms with Gasteiger partial charge in [0, 0.05) is 18.1 Å². The quantitative estimate of drug-likeness (QED) is 0.767. The number of rotatable bonds is 4. The van der Waals surface area contributed by atoms with Gasteiger partial charge in [0.15, 0.2) is 0 Å². The first-order valence-electron chi connectivity index (χ1n) is 7.91. The van der Waals surface area contributed by atoms with Crippen molar-refractivity contribution in [3.05, 3.63) is 36.5 Å². The van der Waals surface area contributed by atoms with Gasteiger partial charge in [-0.2, -0.15) is 0 Å². The third-order valence-electron chi connectivity index (χ3n) is 3.93. The van der Waals surface area contributed by atoms with Crippen molar-refractivity contribution in [3.8, 4) is 0 Å². The average molecular weight is 328 g/mol. The third-order valence-corrected chi connectivity index (χ3v) is 3.93. The minimum atomic E-state index is -0.439. The van der Waals surface area contributed by atoms with E-state index in [1.54, 1.807) is 12.3 Å². The van der Waals surface area contributed by atoms with E-state index in [-0.39, 0.29) is 24.5 Å². The Hall–Kier alpha value is -2.51. The van der Waals surface area contributed by atoms with E-state index in [4.69, 9.17) is 4.74 Å². The predicted molar refractivity (Wildman–Crippen MR) is 90.6 cm³/mol. The summed E-state index contributed by atoms with van der Waals surface area (Å²) in [4.78, 5) is 28.5. The summed E-state index contributed by atoms with van der Waals surface area (Å²) < 4.78 is 5.43. The molecule has 1 aromatic heterocycles. The number of nitrogens with one attached hydrogen (secondary N) is 3. The lowest BCUT2D eigenvalue weighted by molar-refractivity contribution is -0.130. The van der Waals surface area contributed by atoms with Gasteiger partial charge in [-0.05, 0) is 19.1 Å². The molecule has 1 aliphatic rings. The van der Waals surface area contributed by atoms with Crippen LogP contribution in [-0.2, 0) is 14.3 Å². The van der Waals surface area contributed by atoms with Crippen molar-refractivity contribution in [2.45, 2.75) is 19.1 Å². The summed E-state index contributed by atoms with van der Waals surface area (Å²) in [5, 5.41) is 9.45. The van der Waals surface area contributed by atoms with E-state index >= 15 is 0 Å². The molecule has 126 valence electrons. The van der Waals surface area contributed by atoms with Crippen molar-refractivity contribution >= 4 is 28.4 Å². The number of aromatic nitrogens is 1. The van der Waals surface area contributed by atoms with Crippen LogP contribution in [0.15, 0.2) is 36.5 Å². The number of carbonyl (C=O) groups is 2. The van der Waals surface area contributed by atoms with Gasteiger partial charge in [0.1, 0.15) is 6.04 Å². The van der Waals surface area contributed by atoms with Gasteiger partial charge in [0.2, 0.25) is 11.8 Å². The number of hydrogen-bond acceptors (Lipinski definition) is 5.